The molecule has 1 rings (SSSR count). The minimum Gasteiger partial charge on any atom is -0.382 e. The molecule has 1 aromatic carbocycles. The molecule has 24 heavy (non-hydrogen) atoms. The van der Waals surface area contributed by atoms with E-state index in [4.69, 9.17) is 18.4 Å². The van der Waals surface area contributed by atoms with Crippen LogP contribution in [0.1, 0.15) is 26.3 Å². The second kappa shape index (κ2) is 10.1. The molecular formula is C17H28O6S. The first kappa shape index (κ1) is 21.1. The summed E-state index contributed by atoms with van der Waals surface area (Å²) in [6.07, 6.45) is -0.774. The Kier molecular flexibility index (Phi) is 8.86. The molecule has 0 aliphatic carbocycles. The highest BCUT2D eigenvalue weighted by atomic mass is 32.2. The van der Waals surface area contributed by atoms with Gasteiger partial charge in [0.1, 0.15) is 0 Å². The van der Waals surface area contributed by atoms with Crippen molar-refractivity contribution in [3.8, 4) is 0 Å². The molecule has 0 spiro atoms. The molecule has 138 valence electrons. The SMILES string of the molecule is COC[C@H](C)OC[C@@H](C)OC[C@H](C)OS(=O)(=O)c1ccc(C)cc1. The molecule has 1 aromatic rings. The third-order valence-corrected chi connectivity index (χ3v) is 4.66. The molecule has 0 aliphatic rings. The van der Waals surface area contributed by atoms with Crippen LogP contribution in [0.5, 0.6) is 0 Å². The summed E-state index contributed by atoms with van der Waals surface area (Å²) in [6, 6.07) is 6.54. The van der Waals surface area contributed by atoms with E-state index in [0.717, 1.165) is 5.56 Å². The maximum absolute atomic E-state index is 12.2. The molecule has 0 aromatic heterocycles. The fourth-order valence-electron chi connectivity index (χ4n) is 1.94. The monoisotopic (exact) mass is 360 g/mol. The Balaban J connectivity index is 2.39. The minimum absolute atomic E-state index is 0.0170. The lowest BCUT2D eigenvalue weighted by molar-refractivity contribution is -0.0626. The van der Waals surface area contributed by atoms with E-state index in [2.05, 4.69) is 0 Å². The van der Waals surface area contributed by atoms with E-state index in [9.17, 15) is 8.42 Å². The van der Waals surface area contributed by atoms with Crippen LogP contribution >= 0.6 is 0 Å². The van der Waals surface area contributed by atoms with Crippen LogP contribution in [0.4, 0.5) is 0 Å². The van der Waals surface area contributed by atoms with Gasteiger partial charge in [0.15, 0.2) is 0 Å². The highest BCUT2D eigenvalue weighted by Gasteiger charge is 2.20. The second-order valence-corrected chi connectivity index (χ2v) is 7.49. The van der Waals surface area contributed by atoms with Gasteiger partial charge in [-0.3, -0.25) is 4.18 Å². The van der Waals surface area contributed by atoms with Gasteiger partial charge in [0.2, 0.25) is 0 Å². The van der Waals surface area contributed by atoms with Gasteiger partial charge in [-0.25, -0.2) is 0 Å². The predicted molar refractivity (Wildman–Crippen MR) is 91.6 cm³/mol. The van der Waals surface area contributed by atoms with Crippen LogP contribution in [0.3, 0.4) is 0 Å². The number of hydrogen-bond donors (Lipinski definition) is 0. The van der Waals surface area contributed by atoms with Gasteiger partial charge in [-0.2, -0.15) is 8.42 Å². The molecular weight excluding hydrogens is 332 g/mol. The molecule has 0 unspecified atom stereocenters. The molecule has 6 nitrogen and oxygen atoms in total. The van der Waals surface area contributed by atoms with Gasteiger partial charge in [-0.1, -0.05) is 17.7 Å². The van der Waals surface area contributed by atoms with E-state index in [1.807, 2.05) is 20.8 Å². The first-order valence-electron chi connectivity index (χ1n) is 7.96. The summed E-state index contributed by atoms with van der Waals surface area (Å²) >= 11 is 0. The number of aryl methyl sites for hydroxylation is 1. The summed E-state index contributed by atoms with van der Waals surface area (Å²) in [7, 11) is -2.17. The third kappa shape index (κ3) is 7.72. The van der Waals surface area contributed by atoms with E-state index in [1.165, 1.54) is 12.1 Å². The number of rotatable bonds is 11. The van der Waals surface area contributed by atoms with Crippen molar-refractivity contribution in [3.63, 3.8) is 0 Å². The summed E-state index contributed by atoms with van der Waals surface area (Å²) < 4.78 is 45.6. The Labute approximate surface area is 145 Å². The van der Waals surface area contributed by atoms with Crippen molar-refractivity contribution >= 4 is 10.1 Å². The van der Waals surface area contributed by atoms with Gasteiger partial charge in [0.25, 0.3) is 10.1 Å². The van der Waals surface area contributed by atoms with Gasteiger partial charge < -0.3 is 14.2 Å². The summed E-state index contributed by atoms with van der Waals surface area (Å²) in [5.41, 5.74) is 0.988. The van der Waals surface area contributed by atoms with Gasteiger partial charge in [-0.15, -0.1) is 0 Å². The van der Waals surface area contributed by atoms with Crippen LogP contribution < -0.4 is 0 Å². The second-order valence-electron chi connectivity index (χ2n) is 5.92. The lowest BCUT2D eigenvalue weighted by Crippen LogP contribution is -2.27. The van der Waals surface area contributed by atoms with Gasteiger partial charge >= 0.3 is 0 Å². The minimum atomic E-state index is -3.79. The highest BCUT2D eigenvalue weighted by Crippen LogP contribution is 2.15. The van der Waals surface area contributed by atoms with Crippen LogP contribution in [0.15, 0.2) is 29.2 Å². The molecule has 0 heterocycles. The van der Waals surface area contributed by atoms with Crippen molar-refractivity contribution in [3.05, 3.63) is 29.8 Å². The Hall–Kier alpha value is -0.990. The standard InChI is InChI=1S/C17H28O6S/c1-13-6-8-17(9-7-13)24(18,19)23-16(4)12-22-15(3)11-21-14(2)10-20-5/h6-9,14-16H,10-12H2,1-5H3/t14-,15+,16-/m0/s1. The van der Waals surface area contributed by atoms with Gasteiger partial charge in [0.05, 0.1) is 43.0 Å². The zero-order valence-electron chi connectivity index (χ0n) is 15.0. The average Bonchev–Trinajstić information content (AvgIpc) is 2.51. The van der Waals surface area contributed by atoms with Crippen molar-refractivity contribution in [2.75, 3.05) is 26.9 Å². The molecule has 0 saturated carbocycles. The van der Waals surface area contributed by atoms with Crippen molar-refractivity contribution in [2.45, 2.75) is 50.9 Å². The normalized spacial score (nSPS) is 15.9. The Morgan fingerprint density at radius 3 is 1.92 bits per heavy atom. The third-order valence-electron chi connectivity index (χ3n) is 3.23. The van der Waals surface area contributed by atoms with E-state index in [0.29, 0.717) is 13.2 Å². The molecule has 0 aliphatic heterocycles. The molecule has 0 fully saturated rings. The first-order chi connectivity index (χ1) is 11.2. The summed E-state index contributed by atoms with van der Waals surface area (Å²) in [6.45, 7) is 8.41. The Bertz CT molecular complexity index is 569. The maximum atomic E-state index is 12.2. The van der Waals surface area contributed by atoms with Crippen LogP contribution in [0.25, 0.3) is 0 Å². The van der Waals surface area contributed by atoms with E-state index >= 15 is 0 Å². The number of methoxy groups -OCH3 is 1. The van der Waals surface area contributed by atoms with Gasteiger partial charge in [-0.05, 0) is 39.8 Å². The molecule has 0 radical (unpaired) electrons. The van der Waals surface area contributed by atoms with Crippen LogP contribution in [-0.4, -0.2) is 53.7 Å². The van der Waals surface area contributed by atoms with Crippen molar-refractivity contribution in [1.29, 1.82) is 0 Å². The predicted octanol–water partition coefficient (Wildman–Crippen LogP) is 2.55. The zero-order valence-corrected chi connectivity index (χ0v) is 15.8. The summed E-state index contributed by atoms with van der Waals surface area (Å²) in [5.74, 6) is 0. The summed E-state index contributed by atoms with van der Waals surface area (Å²) in [5, 5.41) is 0. The fraction of sp³-hybridized carbons (Fsp3) is 0.647. The largest absolute Gasteiger partial charge is 0.382 e. The molecule has 0 amide bonds. The lowest BCUT2D eigenvalue weighted by atomic mass is 10.2. The Morgan fingerprint density at radius 1 is 0.875 bits per heavy atom. The van der Waals surface area contributed by atoms with Crippen LogP contribution in [0, 0.1) is 6.92 Å². The van der Waals surface area contributed by atoms with E-state index in [1.54, 1.807) is 26.2 Å². The molecule has 3 atom stereocenters. The average molecular weight is 360 g/mol. The van der Waals surface area contributed by atoms with Crippen molar-refractivity contribution in [1.82, 2.24) is 0 Å². The maximum Gasteiger partial charge on any atom is 0.297 e. The number of benzene rings is 1. The zero-order chi connectivity index (χ0) is 18.2. The topological polar surface area (TPSA) is 71.1 Å². The lowest BCUT2D eigenvalue weighted by Gasteiger charge is -2.19. The fourth-order valence-corrected chi connectivity index (χ4v) is 3.00. The van der Waals surface area contributed by atoms with Gasteiger partial charge in [0, 0.05) is 7.11 Å². The number of hydrogen-bond acceptors (Lipinski definition) is 6. The van der Waals surface area contributed by atoms with E-state index < -0.39 is 16.2 Å². The van der Waals surface area contributed by atoms with E-state index in [-0.39, 0.29) is 23.7 Å². The first-order valence-corrected chi connectivity index (χ1v) is 9.37. The van der Waals surface area contributed by atoms with Crippen LogP contribution in [-0.2, 0) is 28.5 Å². The summed E-state index contributed by atoms with van der Waals surface area (Å²) in [4.78, 5) is 0.143. The molecule has 0 N–H and O–H groups in total. The van der Waals surface area contributed by atoms with Crippen LogP contribution in [0.2, 0.25) is 0 Å². The molecule has 7 heteroatoms. The van der Waals surface area contributed by atoms with Crippen molar-refractivity contribution < 1.29 is 26.8 Å². The Morgan fingerprint density at radius 2 is 1.38 bits per heavy atom. The quantitative estimate of drug-likeness (QED) is 0.565. The molecule has 0 bridgehead atoms. The van der Waals surface area contributed by atoms with Crippen molar-refractivity contribution in [2.24, 2.45) is 0 Å². The number of ether oxygens (including phenoxy) is 3. The highest BCUT2D eigenvalue weighted by molar-refractivity contribution is 7.86. The smallest absolute Gasteiger partial charge is 0.297 e. The molecule has 0 saturated heterocycles.